The Morgan fingerprint density at radius 3 is 3.00 bits per heavy atom. The van der Waals surface area contributed by atoms with Crippen LogP contribution in [0.4, 0.5) is 5.69 Å². The number of hydrogen-bond donors (Lipinski definition) is 3. The Bertz CT molecular complexity index is 632. The summed E-state index contributed by atoms with van der Waals surface area (Å²) < 4.78 is 0. The van der Waals surface area contributed by atoms with Gasteiger partial charge < -0.3 is 5.32 Å². The average Bonchev–Trinajstić information content (AvgIpc) is 2.61. The lowest BCUT2D eigenvalue weighted by atomic mass is 10.2. The Kier molecular flexibility index (Phi) is 2.44. The second-order valence-electron chi connectivity index (χ2n) is 3.22. The SMILES string of the molecule is N#CCC(=O)Nc1ccc2[nH][nH]c(=O)c2c1. The molecule has 16 heavy (non-hydrogen) atoms. The number of aromatic nitrogens is 2. The van der Waals surface area contributed by atoms with E-state index in [2.05, 4.69) is 15.5 Å². The van der Waals surface area contributed by atoms with Crippen molar-refractivity contribution in [2.75, 3.05) is 5.32 Å². The van der Waals surface area contributed by atoms with Gasteiger partial charge in [0.1, 0.15) is 6.42 Å². The summed E-state index contributed by atoms with van der Waals surface area (Å²) in [6.45, 7) is 0. The predicted molar refractivity (Wildman–Crippen MR) is 57.8 cm³/mol. The molecule has 0 bridgehead atoms. The van der Waals surface area contributed by atoms with Crippen LogP contribution in [0.5, 0.6) is 0 Å². The number of benzene rings is 1. The van der Waals surface area contributed by atoms with Crippen LogP contribution >= 0.6 is 0 Å². The van der Waals surface area contributed by atoms with Gasteiger partial charge in [0.15, 0.2) is 0 Å². The minimum atomic E-state index is -0.395. The van der Waals surface area contributed by atoms with Gasteiger partial charge >= 0.3 is 0 Å². The van der Waals surface area contributed by atoms with Gasteiger partial charge in [0.05, 0.1) is 17.0 Å². The first kappa shape index (κ1) is 9.98. The Morgan fingerprint density at radius 2 is 2.25 bits per heavy atom. The van der Waals surface area contributed by atoms with Crippen molar-refractivity contribution >= 4 is 22.5 Å². The maximum absolute atomic E-state index is 11.3. The van der Waals surface area contributed by atoms with E-state index in [0.717, 1.165) is 0 Å². The fraction of sp³-hybridized carbons (Fsp3) is 0.100. The van der Waals surface area contributed by atoms with E-state index >= 15 is 0 Å². The monoisotopic (exact) mass is 216 g/mol. The number of nitrogens with one attached hydrogen (secondary N) is 3. The summed E-state index contributed by atoms with van der Waals surface area (Å²) in [6, 6.07) is 6.63. The molecular formula is C10H8N4O2. The summed E-state index contributed by atoms with van der Waals surface area (Å²) in [4.78, 5) is 22.4. The van der Waals surface area contributed by atoms with Crippen molar-refractivity contribution in [1.29, 1.82) is 5.26 Å². The molecule has 0 radical (unpaired) electrons. The van der Waals surface area contributed by atoms with Gasteiger partial charge in [-0.25, -0.2) is 0 Å². The van der Waals surface area contributed by atoms with Crippen molar-refractivity contribution in [3.63, 3.8) is 0 Å². The summed E-state index contributed by atoms with van der Waals surface area (Å²) in [6.07, 6.45) is -0.207. The van der Waals surface area contributed by atoms with Gasteiger partial charge in [-0.1, -0.05) is 0 Å². The van der Waals surface area contributed by atoms with E-state index in [1.807, 2.05) is 0 Å². The van der Waals surface area contributed by atoms with E-state index in [9.17, 15) is 9.59 Å². The van der Waals surface area contributed by atoms with Crippen LogP contribution < -0.4 is 10.9 Å². The normalized spacial score (nSPS) is 9.94. The van der Waals surface area contributed by atoms with E-state index in [1.54, 1.807) is 24.3 Å². The van der Waals surface area contributed by atoms with Gasteiger partial charge in [-0.2, -0.15) is 5.26 Å². The highest BCUT2D eigenvalue weighted by Gasteiger charge is 2.04. The molecule has 2 rings (SSSR count). The maximum atomic E-state index is 11.3. The third kappa shape index (κ3) is 1.79. The molecule has 3 N–H and O–H groups in total. The van der Waals surface area contributed by atoms with Gasteiger partial charge in [0, 0.05) is 5.69 Å². The molecule has 0 fully saturated rings. The van der Waals surface area contributed by atoms with Gasteiger partial charge in [0.2, 0.25) is 5.91 Å². The first-order valence-electron chi connectivity index (χ1n) is 4.58. The molecule has 0 aliphatic heterocycles. The zero-order chi connectivity index (χ0) is 11.5. The number of fused-ring (bicyclic) bond motifs is 1. The third-order valence-corrected chi connectivity index (χ3v) is 2.10. The molecule has 1 amide bonds. The number of nitriles is 1. The summed E-state index contributed by atoms with van der Waals surface area (Å²) in [7, 11) is 0. The number of aromatic amines is 2. The highest BCUT2D eigenvalue weighted by molar-refractivity contribution is 5.94. The first-order chi connectivity index (χ1) is 7.70. The van der Waals surface area contributed by atoms with E-state index < -0.39 is 5.91 Å². The van der Waals surface area contributed by atoms with E-state index in [4.69, 9.17) is 5.26 Å². The standard InChI is InChI=1S/C10H8N4O2/c11-4-3-9(15)12-6-1-2-8-7(5-6)10(16)14-13-8/h1-2,5H,3H2,(H,12,15)(H2,13,14,16). The molecule has 0 atom stereocenters. The average molecular weight is 216 g/mol. The molecule has 1 heterocycles. The van der Waals surface area contributed by atoms with Crippen LogP contribution in [-0.2, 0) is 4.79 Å². The summed E-state index contributed by atoms with van der Waals surface area (Å²) in [5, 5.41) is 16.4. The number of amides is 1. The van der Waals surface area contributed by atoms with Crippen LogP contribution in [0.15, 0.2) is 23.0 Å². The van der Waals surface area contributed by atoms with Crippen molar-refractivity contribution in [1.82, 2.24) is 10.2 Å². The number of H-pyrrole nitrogens is 2. The molecule has 0 spiro atoms. The molecule has 2 aromatic rings. The minimum Gasteiger partial charge on any atom is -0.325 e. The van der Waals surface area contributed by atoms with Crippen molar-refractivity contribution in [2.45, 2.75) is 6.42 Å². The van der Waals surface area contributed by atoms with Crippen LogP contribution in [0.2, 0.25) is 0 Å². The number of nitrogens with zero attached hydrogens (tertiary/aromatic N) is 1. The lowest BCUT2D eigenvalue weighted by Gasteiger charge is -2.01. The van der Waals surface area contributed by atoms with Gasteiger partial charge in [-0.05, 0) is 18.2 Å². The predicted octanol–water partition coefficient (Wildman–Crippen LogP) is 0.708. The van der Waals surface area contributed by atoms with Crippen molar-refractivity contribution in [3.05, 3.63) is 28.6 Å². The Balaban J connectivity index is 2.33. The molecule has 0 unspecified atom stereocenters. The Labute approximate surface area is 89.9 Å². The highest BCUT2D eigenvalue weighted by atomic mass is 16.1. The molecule has 1 aromatic carbocycles. The van der Waals surface area contributed by atoms with Crippen molar-refractivity contribution in [3.8, 4) is 6.07 Å². The summed E-state index contributed by atoms with van der Waals surface area (Å²) >= 11 is 0. The zero-order valence-electron chi connectivity index (χ0n) is 8.20. The van der Waals surface area contributed by atoms with Crippen LogP contribution in [0, 0.1) is 11.3 Å². The van der Waals surface area contributed by atoms with E-state index in [-0.39, 0.29) is 12.0 Å². The molecule has 80 valence electrons. The fourth-order valence-electron chi connectivity index (χ4n) is 1.39. The topological polar surface area (TPSA) is 102 Å². The Hall–Kier alpha value is -2.55. The lowest BCUT2D eigenvalue weighted by molar-refractivity contribution is -0.115. The number of anilines is 1. The summed E-state index contributed by atoms with van der Waals surface area (Å²) in [5.74, 6) is -0.395. The second kappa shape index (κ2) is 3.90. The van der Waals surface area contributed by atoms with Gasteiger partial charge in [-0.15, -0.1) is 0 Å². The van der Waals surface area contributed by atoms with Crippen LogP contribution in [0.1, 0.15) is 6.42 Å². The van der Waals surface area contributed by atoms with Crippen LogP contribution in [0.25, 0.3) is 10.9 Å². The number of hydrogen-bond acceptors (Lipinski definition) is 3. The zero-order valence-corrected chi connectivity index (χ0v) is 8.20. The molecule has 0 saturated carbocycles. The smallest absolute Gasteiger partial charge is 0.271 e. The summed E-state index contributed by atoms with van der Waals surface area (Å²) in [5.41, 5.74) is 0.924. The van der Waals surface area contributed by atoms with Gasteiger partial charge in [-0.3, -0.25) is 19.8 Å². The van der Waals surface area contributed by atoms with Gasteiger partial charge in [0.25, 0.3) is 5.56 Å². The molecule has 0 saturated heterocycles. The molecule has 0 aliphatic carbocycles. The van der Waals surface area contributed by atoms with Crippen LogP contribution in [-0.4, -0.2) is 16.1 Å². The van der Waals surface area contributed by atoms with E-state index in [0.29, 0.717) is 16.6 Å². The largest absolute Gasteiger partial charge is 0.325 e. The highest BCUT2D eigenvalue weighted by Crippen LogP contribution is 2.14. The maximum Gasteiger partial charge on any atom is 0.271 e. The van der Waals surface area contributed by atoms with Crippen molar-refractivity contribution < 1.29 is 4.79 Å². The number of carbonyl (C=O) groups excluding carboxylic acids is 1. The Morgan fingerprint density at radius 1 is 1.44 bits per heavy atom. The molecule has 0 aliphatic rings. The third-order valence-electron chi connectivity index (χ3n) is 2.10. The molecular weight excluding hydrogens is 208 g/mol. The number of rotatable bonds is 2. The first-order valence-corrected chi connectivity index (χ1v) is 4.58. The minimum absolute atomic E-state index is 0.207. The molecule has 1 aromatic heterocycles. The second-order valence-corrected chi connectivity index (χ2v) is 3.22. The van der Waals surface area contributed by atoms with E-state index in [1.165, 1.54) is 0 Å². The molecule has 6 nitrogen and oxygen atoms in total. The molecule has 6 heteroatoms. The van der Waals surface area contributed by atoms with Crippen LogP contribution in [0.3, 0.4) is 0 Å². The lowest BCUT2D eigenvalue weighted by Crippen LogP contribution is -2.10. The fourth-order valence-corrected chi connectivity index (χ4v) is 1.39. The number of carbonyl (C=O) groups is 1. The van der Waals surface area contributed by atoms with Crippen molar-refractivity contribution in [2.24, 2.45) is 0 Å². The quantitative estimate of drug-likeness (QED) is 0.688.